The Morgan fingerprint density at radius 3 is 2.50 bits per heavy atom. The predicted octanol–water partition coefficient (Wildman–Crippen LogP) is 1.67. The van der Waals surface area contributed by atoms with Gasteiger partial charge in [0.1, 0.15) is 0 Å². The first-order valence-corrected chi connectivity index (χ1v) is 7.34. The van der Waals surface area contributed by atoms with Crippen LogP contribution in [0.15, 0.2) is 0 Å². The molecule has 0 radical (unpaired) electrons. The quantitative estimate of drug-likeness (QED) is 0.446. The van der Waals surface area contributed by atoms with Crippen LogP contribution in [0.25, 0.3) is 0 Å². The second kappa shape index (κ2) is 10.4. The van der Waals surface area contributed by atoms with Gasteiger partial charge in [-0.25, -0.2) is 0 Å². The molecule has 0 aliphatic rings. The number of hydrogen-bond acceptors (Lipinski definition) is 5. The normalized spacial score (nSPS) is 13.2. The Balaban J connectivity index is 3.26. The molecule has 0 aliphatic heterocycles. The summed E-state index contributed by atoms with van der Waals surface area (Å²) in [6.45, 7) is 0.270. The summed E-state index contributed by atoms with van der Waals surface area (Å²) in [6.07, 6.45) is 0. The molecule has 0 fully saturated rings. The first-order valence-electron chi connectivity index (χ1n) is 3.87. The Kier molecular flexibility index (Phi) is 11.6. The van der Waals surface area contributed by atoms with Crippen molar-refractivity contribution >= 4 is 48.8 Å². The third-order valence-corrected chi connectivity index (χ3v) is 4.97. The van der Waals surface area contributed by atoms with Crippen LogP contribution in [0.1, 0.15) is 0 Å². The van der Waals surface area contributed by atoms with Crippen molar-refractivity contribution in [1.29, 1.82) is 0 Å². The highest BCUT2D eigenvalue weighted by molar-refractivity contribution is 8.04. The Labute approximate surface area is 94.3 Å². The molecular weight excluding hydrogens is 228 g/mol. The third kappa shape index (κ3) is 7.98. The molecule has 0 aromatic heterocycles. The average Bonchev–Trinajstić information content (AvgIpc) is 2.11. The Hall–Kier alpha value is 1.36. The van der Waals surface area contributed by atoms with Gasteiger partial charge in [-0.05, 0) is 5.75 Å². The zero-order valence-electron chi connectivity index (χ0n) is 6.98. The molecule has 1 unspecified atom stereocenters. The van der Waals surface area contributed by atoms with Crippen LogP contribution < -0.4 is 0 Å². The predicted molar refractivity (Wildman–Crippen MR) is 68.4 cm³/mol. The van der Waals surface area contributed by atoms with Crippen molar-refractivity contribution in [2.75, 3.05) is 35.4 Å². The van der Waals surface area contributed by atoms with Gasteiger partial charge in [0.25, 0.3) is 0 Å². The van der Waals surface area contributed by atoms with Gasteiger partial charge in [-0.1, -0.05) is 0 Å². The van der Waals surface area contributed by atoms with Crippen LogP contribution in [0, 0.1) is 0 Å². The lowest BCUT2D eigenvalue weighted by molar-refractivity contribution is 0.322. The maximum Gasteiger partial charge on any atom is 0.0521 e. The van der Waals surface area contributed by atoms with Gasteiger partial charge < -0.3 is 5.11 Å². The van der Waals surface area contributed by atoms with Gasteiger partial charge in [0, 0.05) is 28.3 Å². The minimum Gasteiger partial charge on any atom is -0.396 e. The second-order valence-corrected chi connectivity index (χ2v) is 5.57. The summed E-state index contributed by atoms with van der Waals surface area (Å²) >= 11 is 12.1. The Bertz CT molecular complexity index is 91.5. The average molecular weight is 244 g/mol. The maximum atomic E-state index is 8.62. The van der Waals surface area contributed by atoms with Crippen LogP contribution in [0.5, 0.6) is 0 Å². The van der Waals surface area contributed by atoms with Crippen molar-refractivity contribution in [3.05, 3.63) is 0 Å². The molecule has 1 nitrogen and oxygen atoms in total. The fourth-order valence-electron chi connectivity index (χ4n) is 0.652. The zero-order chi connectivity index (χ0) is 9.23. The van der Waals surface area contributed by atoms with Crippen molar-refractivity contribution < 1.29 is 5.11 Å². The second-order valence-electron chi connectivity index (χ2n) is 2.20. The van der Waals surface area contributed by atoms with Crippen molar-refractivity contribution in [2.24, 2.45) is 0 Å². The van der Waals surface area contributed by atoms with Crippen LogP contribution in [0.2, 0.25) is 0 Å². The third-order valence-electron chi connectivity index (χ3n) is 1.19. The van der Waals surface area contributed by atoms with E-state index in [1.807, 2.05) is 11.8 Å². The highest BCUT2D eigenvalue weighted by Crippen LogP contribution is 2.17. The van der Waals surface area contributed by atoms with E-state index in [4.69, 9.17) is 5.11 Å². The molecule has 0 heterocycles. The monoisotopic (exact) mass is 244 g/mol. The summed E-state index contributed by atoms with van der Waals surface area (Å²) < 4.78 is 0. The molecule has 12 heavy (non-hydrogen) atoms. The molecule has 0 amide bonds. The lowest BCUT2D eigenvalue weighted by Gasteiger charge is -2.12. The number of rotatable bonds is 8. The van der Waals surface area contributed by atoms with Crippen molar-refractivity contribution in [1.82, 2.24) is 0 Å². The van der Waals surface area contributed by atoms with Crippen LogP contribution in [0.4, 0.5) is 0 Å². The minimum atomic E-state index is 0.270. The molecule has 0 aliphatic carbocycles. The lowest BCUT2D eigenvalue weighted by atomic mass is 10.5. The van der Waals surface area contributed by atoms with E-state index < -0.39 is 0 Å². The topological polar surface area (TPSA) is 20.2 Å². The van der Waals surface area contributed by atoms with Gasteiger partial charge in [-0.15, -0.1) is 0 Å². The highest BCUT2D eigenvalue weighted by Gasteiger charge is 2.05. The summed E-state index contributed by atoms with van der Waals surface area (Å²) in [4.78, 5) is 0. The SMILES string of the molecule is OCCSC(CS)CSCCS. The summed E-state index contributed by atoms with van der Waals surface area (Å²) in [5.41, 5.74) is 0. The van der Waals surface area contributed by atoms with E-state index in [9.17, 15) is 0 Å². The van der Waals surface area contributed by atoms with E-state index in [1.54, 1.807) is 11.8 Å². The fraction of sp³-hybridized carbons (Fsp3) is 1.00. The molecule has 0 saturated heterocycles. The smallest absolute Gasteiger partial charge is 0.0521 e. The highest BCUT2D eigenvalue weighted by atomic mass is 32.2. The largest absolute Gasteiger partial charge is 0.396 e. The molecule has 74 valence electrons. The molecule has 5 heteroatoms. The molecule has 0 aromatic rings. The minimum absolute atomic E-state index is 0.270. The van der Waals surface area contributed by atoms with E-state index in [0.717, 1.165) is 28.8 Å². The van der Waals surface area contributed by atoms with Gasteiger partial charge in [0.2, 0.25) is 0 Å². The maximum absolute atomic E-state index is 8.62. The molecule has 1 N–H and O–H groups in total. The molecule has 0 aromatic carbocycles. The van der Waals surface area contributed by atoms with E-state index in [-0.39, 0.29) is 6.61 Å². The van der Waals surface area contributed by atoms with Crippen molar-refractivity contribution in [3.63, 3.8) is 0 Å². The van der Waals surface area contributed by atoms with Crippen LogP contribution in [-0.2, 0) is 0 Å². The number of aliphatic hydroxyl groups is 1. The van der Waals surface area contributed by atoms with Gasteiger partial charge in [0.15, 0.2) is 0 Å². The van der Waals surface area contributed by atoms with Crippen LogP contribution in [-0.4, -0.2) is 45.7 Å². The number of thioether (sulfide) groups is 2. The Morgan fingerprint density at radius 1 is 1.25 bits per heavy atom. The van der Waals surface area contributed by atoms with Gasteiger partial charge in [-0.3, -0.25) is 0 Å². The van der Waals surface area contributed by atoms with E-state index in [1.165, 1.54) is 0 Å². The summed E-state index contributed by atoms with van der Waals surface area (Å²) in [5.74, 6) is 4.88. The number of hydrogen-bond donors (Lipinski definition) is 3. The van der Waals surface area contributed by atoms with E-state index >= 15 is 0 Å². The molecule has 0 bridgehead atoms. The lowest BCUT2D eigenvalue weighted by Crippen LogP contribution is -2.10. The van der Waals surface area contributed by atoms with E-state index in [0.29, 0.717) is 5.25 Å². The fourth-order valence-corrected chi connectivity index (χ4v) is 3.55. The standard InChI is InChI=1S/C7H16OS4/c8-1-3-12-7(5-10)6-11-4-2-9/h7-10H,1-6H2. The van der Waals surface area contributed by atoms with Crippen LogP contribution >= 0.6 is 48.8 Å². The van der Waals surface area contributed by atoms with Crippen LogP contribution in [0.3, 0.4) is 0 Å². The van der Waals surface area contributed by atoms with Gasteiger partial charge >= 0.3 is 0 Å². The molecule has 0 saturated carbocycles. The first kappa shape index (κ1) is 13.4. The van der Waals surface area contributed by atoms with Gasteiger partial charge in [0.05, 0.1) is 6.61 Å². The molecule has 0 rings (SSSR count). The van der Waals surface area contributed by atoms with Gasteiger partial charge in [-0.2, -0.15) is 48.8 Å². The number of thiol groups is 2. The van der Waals surface area contributed by atoms with Crippen molar-refractivity contribution in [2.45, 2.75) is 5.25 Å². The summed E-state index contributed by atoms with van der Waals surface area (Å²) in [5, 5.41) is 9.19. The zero-order valence-corrected chi connectivity index (χ0v) is 10.4. The van der Waals surface area contributed by atoms with E-state index in [2.05, 4.69) is 25.3 Å². The molecule has 0 spiro atoms. The molecule has 1 atom stereocenters. The molecular formula is C7H16OS4. The van der Waals surface area contributed by atoms with Crippen molar-refractivity contribution in [3.8, 4) is 0 Å². The Morgan fingerprint density at radius 2 is 2.00 bits per heavy atom. The first-order chi connectivity index (χ1) is 5.85. The summed E-state index contributed by atoms with van der Waals surface area (Å²) in [6, 6.07) is 0. The number of aliphatic hydroxyl groups excluding tert-OH is 1. The summed E-state index contributed by atoms with van der Waals surface area (Å²) in [7, 11) is 0.